The minimum atomic E-state index is -1.33. The lowest BCUT2D eigenvalue weighted by Crippen LogP contribution is -2.48. The van der Waals surface area contributed by atoms with Crippen LogP contribution >= 0.6 is 0 Å². The van der Waals surface area contributed by atoms with E-state index in [2.05, 4.69) is 6.92 Å². The number of esters is 1. The first-order chi connectivity index (χ1) is 18.4. The Labute approximate surface area is 225 Å². The van der Waals surface area contributed by atoms with Gasteiger partial charge in [0, 0.05) is 25.8 Å². The maximum Gasteiger partial charge on any atom is 0.366 e. The Balaban J connectivity index is 1.25. The molecular weight excluding hydrogens is 486 g/mol. The fourth-order valence-corrected chi connectivity index (χ4v) is 4.79. The molecule has 1 amide bonds. The van der Waals surface area contributed by atoms with Crippen LogP contribution in [0.25, 0.3) is 0 Å². The number of para-hydroxylation sites is 2. The van der Waals surface area contributed by atoms with Crippen molar-refractivity contribution in [2.24, 2.45) is 5.92 Å². The molecule has 2 heterocycles. The van der Waals surface area contributed by atoms with Crippen molar-refractivity contribution in [1.29, 1.82) is 0 Å². The molecule has 206 valence electrons. The quantitative estimate of drug-likeness (QED) is 0.287. The summed E-state index contributed by atoms with van der Waals surface area (Å²) < 4.78 is 28.0. The number of ether oxygens (including phenoxy) is 5. The van der Waals surface area contributed by atoms with Crippen molar-refractivity contribution < 1.29 is 33.3 Å². The molecule has 38 heavy (non-hydrogen) atoms. The Kier molecular flexibility index (Phi) is 9.63. The van der Waals surface area contributed by atoms with Gasteiger partial charge in [-0.05, 0) is 42.7 Å². The van der Waals surface area contributed by atoms with Gasteiger partial charge in [-0.3, -0.25) is 4.79 Å². The molecule has 8 nitrogen and oxygen atoms in total. The number of anilines is 1. The fraction of sp³-hybridized carbons (Fsp3) is 0.533. The van der Waals surface area contributed by atoms with Crippen molar-refractivity contribution in [2.45, 2.75) is 64.3 Å². The van der Waals surface area contributed by atoms with Crippen molar-refractivity contribution in [3.05, 3.63) is 54.1 Å². The Morgan fingerprint density at radius 1 is 1.05 bits per heavy atom. The van der Waals surface area contributed by atoms with Gasteiger partial charge >= 0.3 is 5.97 Å². The van der Waals surface area contributed by atoms with Crippen LogP contribution in [0.15, 0.2) is 48.5 Å². The molecule has 0 N–H and O–H groups in total. The SMILES string of the molecule is CCCCCCN1C(=O)C(CCOc2ccc(C[C@H]3CO[C@](C)(C(=O)OC)OC3)cc2)Oc2ccccc21. The largest absolute Gasteiger partial charge is 0.493 e. The van der Waals surface area contributed by atoms with Gasteiger partial charge in [0.1, 0.15) is 11.5 Å². The average molecular weight is 526 g/mol. The third-order valence-electron chi connectivity index (χ3n) is 7.04. The van der Waals surface area contributed by atoms with Crippen molar-refractivity contribution in [1.82, 2.24) is 0 Å². The monoisotopic (exact) mass is 525 g/mol. The second kappa shape index (κ2) is 13.1. The van der Waals surface area contributed by atoms with E-state index in [1.54, 1.807) is 6.92 Å². The van der Waals surface area contributed by atoms with E-state index >= 15 is 0 Å². The minimum absolute atomic E-state index is 0.000589. The number of unbranched alkanes of at least 4 members (excludes halogenated alkanes) is 3. The molecule has 2 aromatic carbocycles. The predicted molar refractivity (Wildman–Crippen MR) is 143 cm³/mol. The maximum atomic E-state index is 13.2. The molecule has 1 saturated heterocycles. The number of fused-ring (bicyclic) bond motifs is 1. The van der Waals surface area contributed by atoms with Crippen molar-refractivity contribution in [3.63, 3.8) is 0 Å². The van der Waals surface area contributed by atoms with E-state index < -0.39 is 17.9 Å². The van der Waals surface area contributed by atoms with E-state index in [0.717, 1.165) is 48.4 Å². The zero-order chi connectivity index (χ0) is 27.0. The molecule has 0 radical (unpaired) electrons. The Hall–Kier alpha value is -3.10. The van der Waals surface area contributed by atoms with Crippen LogP contribution in [-0.2, 0) is 30.2 Å². The second-order valence-electron chi connectivity index (χ2n) is 10.0. The summed E-state index contributed by atoms with van der Waals surface area (Å²) in [7, 11) is 1.32. The van der Waals surface area contributed by atoms with Gasteiger partial charge in [-0.25, -0.2) is 4.79 Å². The summed E-state index contributed by atoms with van der Waals surface area (Å²) in [6.45, 7) is 5.67. The molecule has 0 bridgehead atoms. The van der Waals surface area contributed by atoms with Crippen LogP contribution in [0.2, 0.25) is 0 Å². The molecule has 0 saturated carbocycles. The van der Waals surface area contributed by atoms with Crippen LogP contribution in [0.3, 0.4) is 0 Å². The van der Waals surface area contributed by atoms with Crippen molar-refractivity contribution in [3.8, 4) is 11.5 Å². The van der Waals surface area contributed by atoms with Crippen molar-refractivity contribution in [2.75, 3.05) is 38.4 Å². The van der Waals surface area contributed by atoms with Crippen LogP contribution < -0.4 is 14.4 Å². The average Bonchev–Trinajstić information content (AvgIpc) is 2.94. The first kappa shape index (κ1) is 27.9. The highest BCUT2D eigenvalue weighted by Crippen LogP contribution is 2.35. The summed E-state index contributed by atoms with van der Waals surface area (Å²) >= 11 is 0. The molecule has 1 unspecified atom stereocenters. The van der Waals surface area contributed by atoms with E-state index in [0.29, 0.717) is 32.8 Å². The number of carbonyl (C=O) groups excluding carboxylic acids is 2. The maximum absolute atomic E-state index is 13.2. The molecular formula is C30H39NO7. The van der Waals surface area contributed by atoms with E-state index in [9.17, 15) is 9.59 Å². The highest BCUT2D eigenvalue weighted by atomic mass is 16.7. The summed E-state index contributed by atoms with van der Waals surface area (Å²) in [6.07, 6.45) is 5.10. The van der Waals surface area contributed by atoms with Crippen LogP contribution in [0.1, 0.15) is 51.5 Å². The molecule has 8 heteroatoms. The van der Waals surface area contributed by atoms with Gasteiger partial charge in [0.05, 0.1) is 32.6 Å². The summed E-state index contributed by atoms with van der Waals surface area (Å²) in [5.74, 6) is -0.230. The van der Waals surface area contributed by atoms with Gasteiger partial charge in [0.2, 0.25) is 0 Å². The van der Waals surface area contributed by atoms with Crippen LogP contribution in [0.5, 0.6) is 11.5 Å². The topological polar surface area (TPSA) is 83.5 Å². The lowest BCUT2D eigenvalue weighted by atomic mass is 9.99. The zero-order valence-corrected chi connectivity index (χ0v) is 22.6. The van der Waals surface area contributed by atoms with Gasteiger partial charge in [0.25, 0.3) is 11.7 Å². The van der Waals surface area contributed by atoms with Crippen LogP contribution in [-0.4, -0.2) is 57.2 Å². The first-order valence-electron chi connectivity index (χ1n) is 13.6. The molecule has 0 aliphatic carbocycles. The predicted octanol–water partition coefficient (Wildman–Crippen LogP) is 4.92. The minimum Gasteiger partial charge on any atom is -0.493 e. The fourth-order valence-electron chi connectivity index (χ4n) is 4.79. The number of methoxy groups -OCH3 is 1. The lowest BCUT2D eigenvalue weighted by molar-refractivity contribution is -0.272. The number of hydrogen-bond donors (Lipinski definition) is 0. The number of benzene rings is 2. The Morgan fingerprint density at radius 3 is 2.50 bits per heavy atom. The smallest absolute Gasteiger partial charge is 0.366 e. The van der Waals surface area contributed by atoms with E-state index in [4.69, 9.17) is 23.7 Å². The summed E-state index contributed by atoms with van der Waals surface area (Å²) in [4.78, 5) is 26.9. The van der Waals surface area contributed by atoms with Gasteiger partial charge in [-0.1, -0.05) is 50.5 Å². The highest BCUT2D eigenvalue weighted by molar-refractivity contribution is 6.00. The summed E-state index contributed by atoms with van der Waals surface area (Å²) in [6, 6.07) is 15.6. The second-order valence-corrected chi connectivity index (χ2v) is 10.0. The molecule has 2 aromatic rings. The lowest BCUT2D eigenvalue weighted by Gasteiger charge is -2.35. The standard InChI is InChI=1S/C30H39NO7/c1-4-5-6-9-17-31-25-10-7-8-11-26(25)38-27(28(31)32)16-18-35-24-14-12-22(13-15-24)19-23-20-36-30(2,37-21-23)29(33)34-3/h7-8,10-15,23,27H,4-6,9,16-21H2,1-3H3/t23-,27?,30-. The number of hydrogen-bond acceptors (Lipinski definition) is 7. The number of rotatable bonds is 12. The molecule has 4 rings (SSSR count). The van der Waals surface area contributed by atoms with Crippen molar-refractivity contribution >= 4 is 17.6 Å². The third kappa shape index (κ3) is 6.85. The summed E-state index contributed by atoms with van der Waals surface area (Å²) in [5.41, 5.74) is 1.97. The summed E-state index contributed by atoms with van der Waals surface area (Å²) in [5, 5.41) is 0. The molecule has 1 atom stereocenters. The van der Waals surface area contributed by atoms with Gasteiger partial charge < -0.3 is 28.6 Å². The zero-order valence-electron chi connectivity index (χ0n) is 22.6. The van der Waals surface area contributed by atoms with E-state index in [-0.39, 0.29) is 11.8 Å². The normalized spacial score (nSPS) is 22.9. The molecule has 0 spiro atoms. The van der Waals surface area contributed by atoms with E-state index in [1.165, 1.54) is 13.5 Å². The number of nitrogens with zero attached hydrogens (tertiary/aromatic N) is 1. The highest BCUT2D eigenvalue weighted by Gasteiger charge is 2.41. The number of carbonyl (C=O) groups is 2. The molecule has 2 aliphatic rings. The van der Waals surface area contributed by atoms with Crippen LogP contribution in [0.4, 0.5) is 5.69 Å². The van der Waals surface area contributed by atoms with Gasteiger partial charge in [0.15, 0.2) is 6.10 Å². The Morgan fingerprint density at radius 2 is 1.79 bits per heavy atom. The number of amides is 1. The molecule has 2 aliphatic heterocycles. The first-order valence-corrected chi connectivity index (χ1v) is 13.6. The third-order valence-corrected chi connectivity index (χ3v) is 7.04. The molecule has 0 aromatic heterocycles. The molecule has 1 fully saturated rings. The van der Waals surface area contributed by atoms with Gasteiger partial charge in [-0.15, -0.1) is 0 Å². The van der Waals surface area contributed by atoms with Crippen LogP contribution in [0, 0.1) is 5.92 Å². The van der Waals surface area contributed by atoms with Gasteiger partial charge in [-0.2, -0.15) is 0 Å². The Bertz CT molecular complexity index is 1060. The van der Waals surface area contributed by atoms with E-state index in [1.807, 2.05) is 53.4 Å².